The highest BCUT2D eigenvalue weighted by atomic mass is 32.2. The lowest BCUT2D eigenvalue weighted by atomic mass is 10.2. The molecule has 0 spiro atoms. The topological polar surface area (TPSA) is 73.1 Å². The number of nitrogens with zero attached hydrogens (tertiary/aromatic N) is 2. The molecule has 0 unspecified atom stereocenters. The van der Waals surface area contributed by atoms with Gasteiger partial charge in [0.25, 0.3) is 0 Å². The number of hydrazine groups is 1. The molecule has 0 fully saturated rings. The summed E-state index contributed by atoms with van der Waals surface area (Å²) in [5.41, 5.74) is 5.00. The molecule has 106 valence electrons. The molecule has 0 aliphatic rings. The van der Waals surface area contributed by atoms with Crippen LogP contribution in [0.4, 0.5) is 5.82 Å². The van der Waals surface area contributed by atoms with Crippen molar-refractivity contribution in [1.29, 1.82) is 0 Å². The Balaban J connectivity index is 2.32. The van der Waals surface area contributed by atoms with E-state index in [1.807, 2.05) is 6.07 Å². The van der Waals surface area contributed by atoms with E-state index in [0.29, 0.717) is 18.2 Å². The molecule has 20 heavy (non-hydrogen) atoms. The molecule has 0 saturated heterocycles. The molecular weight excluding hydrogens is 272 g/mol. The van der Waals surface area contributed by atoms with Crippen LogP contribution < -0.4 is 11.3 Å². The summed E-state index contributed by atoms with van der Waals surface area (Å²) in [5, 5.41) is 0.841. The van der Waals surface area contributed by atoms with Gasteiger partial charge in [0, 0.05) is 18.1 Å². The molecule has 0 saturated carbocycles. The van der Waals surface area contributed by atoms with Crippen LogP contribution in [0.5, 0.6) is 0 Å². The van der Waals surface area contributed by atoms with E-state index in [1.165, 1.54) is 16.0 Å². The average molecular weight is 290 g/mol. The third-order valence-electron chi connectivity index (χ3n) is 2.73. The third kappa shape index (κ3) is 3.69. The van der Waals surface area contributed by atoms with Crippen molar-refractivity contribution in [3.8, 4) is 0 Å². The second-order valence-corrected chi connectivity index (χ2v) is 5.52. The van der Waals surface area contributed by atoms with Gasteiger partial charge >= 0.3 is 0 Å². The fraction of sp³-hybridized carbons (Fsp3) is 0.286. The van der Waals surface area contributed by atoms with E-state index in [-0.39, 0.29) is 0 Å². The lowest BCUT2D eigenvalue weighted by Gasteiger charge is -2.09. The molecule has 3 N–H and O–H groups in total. The van der Waals surface area contributed by atoms with Crippen LogP contribution in [-0.4, -0.2) is 17.1 Å². The van der Waals surface area contributed by atoms with Crippen LogP contribution in [-0.2, 0) is 11.3 Å². The lowest BCUT2D eigenvalue weighted by molar-refractivity contribution is 0.177. The van der Waals surface area contributed by atoms with Crippen molar-refractivity contribution in [1.82, 2.24) is 9.97 Å². The van der Waals surface area contributed by atoms with Gasteiger partial charge in [0.2, 0.25) is 0 Å². The summed E-state index contributed by atoms with van der Waals surface area (Å²) in [6.45, 7) is 4.52. The number of nitrogens with two attached hydrogens (primary N) is 1. The van der Waals surface area contributed by atoms with Crippen LogP contribution in [0.2, 0.25) is 0 Å². The van der Waals surface area contributed by atoms with Crippen LogP contribution in [0, 0.1) is 13.8 Å². The predicted octanol–water partition coefficient (Wildman–Crippen LogP) is 2.68. The van der Waals surface area contributed by atoms with Crippen molar-refractivity contribution in [2.45, 2.75) is 30.4 Å². The summed E-state index contributed by atoms with van der Waals surface area (Å²) < 4.78 is 5.07. The van der Waals surface area contributed by atoms with Crippen molar-refractivity contribution in [3.05, 3.63) is 41.2 Å². The number of aromatic nitrogens is 2. The number of aryl methyl sites for hydroxylation is 2. The summed E-state index contributed by atoms with van der Waals surface area (Å²) in [5.74, 6) is 6.63. The van der Waals surface area contributed by atoms with Gasteiger partial charge in [0.15, 0.2) is 5.82 Å². The highest BCUT2D eigenvalue weighted by molar-refractivity contribution is 7.99. The van der Waals surface area contributed by atoms with Crippen LogP contribution in [0.15, 0.2) is 34.2 Å². The van der Waals surface area contributed by atoms with Crippen molar-refractivity contribution < 1.29 is 4.74 Å². The van der Waals surface area contributed by atoms with E-state index in [2.05, 4.69) is 47.4 Å². The fourth-order valence-electron chi connectivity index (χ4n) is 1.72. The molecule has 2 rings (SSSR count). The predicted molar refractivity (Wildman–Crippen MR) is 80.6 cm³/mol. The Labute approximate surface area is 122 Å². The van der Waals surface area contributed by atoms with Crippen molar-refractivity contribution in [2.75, 3.05) is 12.5 Å². The van der Waals surface area contributed by atoms with Crippen LogP contribution in [0.25, 0.3) is 0 Å². The van der Waals surface area contributed by atoms with Gasteiger partial charge in [-0.05, 0) is 31.0 Å². The van der Waals surface area contributed by atoms with E-state index < -0.39 is 0 Å². The molecule has 2 aromatic rings. The van der Waals surface area contributed by atoms with Gasteiger partial charge in [-0.1, -0.05) is 23.9 Å². The zero-order valence-electron chi connectivity index (χ0n) is 11.8. The minimum Gasteiger partial charge on any atom is -0.377 e. The average Bonchev–Trinajstić information content (AvgIpc) is 2.43. The molecule has 5 nitrogen and oxygen atoms in total. The van der Waals surface area contributed by atoms with E-state index >= 15 is 0 Å². The highest BCUT2D eigenvalue weighted by Gasteiger charge is 2.07. The summed E-state index contributed by atoms with van der Waals surface area (Å²) in [6, 6.07) is 8.18. The van der Waals surface area contributed by atoms with Gasteiger partial charge in [-0.2, -0.15) is 0 Å². The molecule has 1 heterocycles. The monoisotopic (exact) mass is 290 g/mol. The number of ether oxygens (including phenoxy) is 1. The lowest BCUT2D eigenvalue weighted by Crippen LogP contribution is -2.11. The molecule has 0 radical (unpaired) electrons. The van der Waals surface area contributed by atoms with Crippen molar-refractivity contribution in [2.24, 2.45) is 5.84 Å². The minimum absolute atomic E-state index is 0.357. The maximum Gasteiger partial charge on any atom is 0.157 e. The molecule has 0 atom stereocenters. The maximum atomic E-state index is 5.44. The number of hydrogen-bond acceptors (Lipinski definition) is 6. The van der Waals surface area contributed by atoms with Gasteiger partial charge in [-0.3, -0.25) is 0 Å². The number of nitrogen functional groups attached to an aromatic ring is 1. The summed E-state index contributed by atoms with van der Waals surface area (Å²) >= 11 is 1.60. The Morgan fingerprint density at radius 1 is 1.25 bits per heavy atom. The molecular formula is C14H18N4OS. The summed E-state index contributed by atoms with van der Waals surface area (Å²) in [7, 11) is 1.61. The van der Waals surface area contributed by atoms with Crippen molar-refractivity contribution in [3.63, 3.8) is 0 Å². The number of hydrogen-bond donors (Lipinski definition) is 2. The normalized spacial score (nSPS) is 10.6. The van der Waals surface area contributed by atoms with Crippen LogP contribution in [0.1, 0.15) is 17.0 Å². The number of anilines is 1. The van der Waals surface area contributed by atoms with E-state index in [0.717, 1.165) is 5.03 Å². The maximum absolute atomic E-state index is 5.44. The van der Waals surface area contributed by atoms with E-state index in [9.17, 15) is 0 Å². The zero-order chi connectivity index (χ0) is 14.5. The Hall–Kier alpha value is -1.63. The molecule has 0 aliphatic carbocycles. The first-order valence-electron chi connectivity index (χ1n) is 6.21. The first-order chi connectivity index (χ1) is 9.62. The summed E-state index contributed by atoms with van der Waals surface area (Å²) in [6.07, 6.45) is 0. The molecule has 0 bridgehead atoms. The van der Waals surface area contributed by atoms with Gasteiger partial charge in [0.1, 0.15) is 17.5 Å². The molecule has 0 amide bonds. The highest BCUT2D eigenvalue weighted by Crippen LogP contribution is 2.30. The van der Waals surface area contributed by atoms with E-state index in [1.54, 1.807) is 18.9 Å². The second kappa shape index (κ2) is 6.69. The molecule has 0 aliphatic heterocycles. The number of methoxy groups -OCH3 is 1. The first-order valence-corrected chi connectivity index (χ1v) is 7.02. The van der Waals surface area contributed by atoms with Crippen molar-refractivity contribution >= 4 is 17.6 Å². The number of benzene rings is 1. The Kier molecular flexibility index (Phi) is 4.94. The number of nitrogens with one attached hydrogen (secondary N) is 1. The standard InChI is InChI=1S/C14H18N4OS/c1-9-4-5-10(2)11(6-9)20-14-7-12(18-15)16-13(17-14)8-19-3/h4-7H,8,15H2,1-3H3,(H,16,17,18). The number of rotatable bonds is 5. The third-order valence-corrected chi connectivity index (χ3v) is 3.81. The zero-order valence-corrected chi connectivity index (χ0v) is 12.6. The molecule has 1 aromatic carbocycles. The molecule has 6 heteroatoms. The van der Waals surface area contributed by atoms with E-state index in [4.69, 9.17) is 10.6 Å². The quantitative estimate of drug-likeness (QED) is 0.501. The van der Waals surface area contributed by atoms with Gasteiger partial charge in [0.05, 0.1) is 0 Å². The minimum atomic E-state index is 0.357. The van der Waals surface area contributed by atoms with Crippen LogP contribution in [0.3, 0.4) is 0 Å². The molecule has 1 aromatic heterocycles. The Morgan fingerprint density at radius 3 is 2.75 bits per heavy atom. The smallest absolute Gasteiger partial charge is 0.157 e. The largest absolute Gasteiger partial charge is 0.377 e. The fourth-order valence-corrected chi connectivity index (χ4v) is 2.74. The van der Waals surface area contributed by atoms with Gasteiger partial charge in [-0.15, -0.1) is 0 Å². The second-order valence-electron chi connectivity index (χ2n) is 4.46. The van der Waals surface area contributed by atoms with Gasteiger partial charge < -0.3 is 10.2 Å². The van der Waals surface area contributed by atoms with Gasteiger partial charge in [-0.25, -0.2) is 15.8 Å². The van der Waals surface area contributed by atoms with Crippen LogP contribution >= 0.6 is 11.8 Å². The summed E-state index contributed by atoms with van der Waals surface area (Å²) in [4.78, 5) is 9.88. The Bertz CT molecular complexity index is 604. The first kappa shape index (κ1) is 14.8. The Morgan fingerprint density at radius 2 is 2.05 bits per heavy atom. The SMILES string of the molecule is COCc1nc(NN)cc(Sc2cc(C)ccc2C)n1.